The van der Waals surface area contributed by atoms with Crippen LogP contribution in [-0.2, 0) is 29.2 Å². The van der Waals surface area contributed by atoms with Crippen LogP contribution in [0.3, 0.4) is 0 Å². The van der Waals surface area contributed by atoms with Gasteiger partial charge in [-0.3, -0.25) is 14.1 Å². The van der Waals surface area contributed by atoms with Crippen molar-refractivity contribution < 1.29 is 46.9 Å². The maximum Gasteiger partial charge on any atom is 0.418 e. The largest absolute Gasteiger partial charge is 0.481 e. The van der Waals surface area contributed by atoms with E-state index in [2.05, 4.69) is 15.3 Å². The van der Waals surface area contributed by atoms with E-state index in [1.807, 2.05) is 18.2 Å². The number of carbonyl (C=O) groups is 3. The van der Waals surface area contributed by atoms with Gasteiger partial charge >= 0.3 is 30.0 Å². The second kappa shape index (κ2) is 16.5. The third kappa shape index (κ3) is 9.07. The molecule has 1 atom stereocenters. The summed E-state index contributed by atoms with van der Waals surface area (Å²) in [6, 6.07) is 17.6. The molecular weight excluding hydrogens is 800 g/mol. The third-order valence-electron chi connectivity index (χ3n) is 10.1. The average molecular weight is 842 g/mol. The number of aliphatic carboxylic acids is 1. The highest BCUT2D eigenvalue weighted by Crippen LogP contribution is 2.39. The molecule has 0 radical (unpaired) electrons. The number of nitrogens with zero attached hydrogens (tertiary/aromatic N) is 6. The molecule has 15 nitrogen and oxygen atoms in total. The summed E-state index contributed by atoms with van der Waals surface area (Å²) in [4.78, 5) is 62.5. The Morgan fingerprint density at radius 1 is 0.885 bits per heavy atom. The third-order valence-corrected chi connectivity index (χ3v) is 10.1. The number of aryl methyl sites for hydroxylation is 1. The van der Waals surface area contributed by atoms with Gasteiger partial charge in [-0.2, -0.15) is 13.2 Å². The van der Waals surface area contributed by atoms with Crippen LogP contribution in [0.25, 0.3) is 38.8 Å². The van der Waals surface area contributed by atoms with Crippen molar-refractivity contribution in [1.82, 2.24) is 29.3 Å². The quantitative estimate of drug-likeness (QED) is 0.157. The summed E-state index contributed by atoms with van der Waals surface area (Å²) >= 11 is 0. The minimum absolute atomic E-state index is 0.0155. The van der Waals surface area contributed by atoms with Crippen molar-refractivity contribution in [3.8, 4) is 28.4 Å². The highest BCUT2D eigenvalue weighted by molar-refractivity contribution is 6.04. The van der Waals surface area contributed by atoms with E-state index in [0.717, 1.165) is 17.2 Å². The van der Waals surface area contributed by atoms with Crippen LogP contribution in [-0.4, -0.2) is 92.2 Å². The van der Waals surface area contributed by atoms with E-state index >= 15 is 0 Å². The average Bonchev–Trinajstić information content (AvgIpc) is 3.48. The van der Waals surface area contributed by atoms with E-state index in [1.54, 1.807) is 51.2 Å². The topological polar surface area (TPSA) is 170 Å². The van der Waals surface area contributed by atoms with Crippen molar-refractivity contribution in [3.63, 3.8) is 0 Å². The van der Waals surface area contributed by atoms with E-state index in [0.29, 0.717) is 33.4 Å². The molecule has 1 saturated heterocycles. The number of halogens is 3. The molecule has 2 amide bonds. The zero-order valence-corrected chi connectivity index (χ0v) is 33.8. The van der Waals surface area contributed by atoms with E-state index in [9.17, 15) is 37.5 Å². The Morgan fingerprint density at radius 2 is 1.59 bits per heavy atom. The number of methoxy groups -OCH3 is 1. The standard InChI is InChI=1S/C43H42F3N7O8/c1-42(2,3)61-39(56)49-33(38(54)55)20-25-6-11-29(12-7-25)60-41(58)52-18-16-51(17-19-52)34-14-10-28(22-31(34)43(44,45)46)53-37-30-21-26(27-9-15-36(59-5)48-23-27)8-13-32(30)47-24-35(37)50(4)40(53)57/h6-15,21-24,33H,16-20H2,1-5H3,(H,49,56)(H,54,55)/t33-/m1/s1. The number of ether oxygens (including phenoxy) is 3. The number of carboxylic acid groups (broad SMARTS) is 1. The smallest absolute Gasteiger partial charge is 0.418 e. The van der Waals surface area contributed by atoms with Crippen molar-refractivity contribution >= 4 is 45.8 Å². The molecule has 7 rings (SSSR count). The molecule has 0 saturated carbocycles. The van der Waals surface area contributed by atoms with Crippen LogP contribution in [0.1, 0.15) is 31.9 Å². The molecule has 6 aromatic rings. The predicted octanol–water partition coefficient (Wildman–Crippen LogP) is 6.81. The first-order valence-corrected chi connectivity index (χ1v) is 19.2. The number of imidazole rings is 1. The number of carbonyl (C=O) groups excluding carboxylic acids is 2. The lowest BCUT2D eigenvalue weighted by Crippen LogP contribution is -2.50. The predicted molar refractivity (Wildman–Crippen MR) is 219 cm³/mol. The molecule has 0 unspecified atom stereocenters. The molecule has 4 heterocycles. The first-order chi connectivity index (χ1) is 28.9. The Morgan fingerprint density at radius 3 is 2.21 bits per heavy atom. The number of fused-ring (bicyclic) bond motifs is 3. The first kappa shape index (κ1) is 42.0. The van der Waals surface area contributed by atoms with Gasteiger partial charge in [0.15, 0.2) is 0 Å². The number of rotatable bonds is 9. The van der Waals surface area contributed by atoms with Crippen molar-refractivity contribution in [2.45, 2.75) is 45.0 Å². The lowest BCUT2D eigenvalue weighted by Gasteiger charge is -2.36. The number of aromatic nitrogens is 4. The Labute approximate surface area is 346 Å². The van der Waals surface area contributed by atoms with Gasteiger partial charge in [0.2, 0.25) is 5.88 Å². The van der Waals surface area contributed by atoms with E-state index in [4.69, 9.17) is 14.2 Å². The number of benzene rings is 3. The number of alkyl carbamates (subject to hydrolysis) is 1. The van der Waals surface area contributed by atoms with Crippen molar-refractivity contribution in [2.24, 2.45) is 7.05 Å². The molecule has 0 spiro atoms. The van der Waals surface area contributed by atoms with Crippen molar-refractivity contribution in [3.05, 3.63) is 107 Å². The van der Waals surface area contributed by atoms with Gasteiger partial charge in [0.05, 0.1) is 41.1 Å². The molecular formula is C43H42F3N7O8. The summed E-state index contributed by atoms with van der Waals surface area (Å²) in [6.07, 6.45) is -3.29. The fraction of sp³-hybridized carbons (Fsp3) is 0.302. The van der Waals surface area contributed by atoms with Crippen molar-refractivity contribution in [1.29, 1.82) is 0 Å². The fourth-order valence-electron chi connectivity index (χ4n) is 7.13. The molecule has 18 heteroatoms. The minimum atomic E-state index is -4.80. The number of nitrogens with one attached hydrogen (secondary N) is 1. The Bertz CT molecular complexity index is 2680. The summed E-state index contributed by atoms with van der Waals surface area (Å²) in [6.45, 7) is 5.20. The molecule has 0 aliphatic carbocycles. The number of hydrogen-bond donors (Lipinski definition) is 2. The second-order valence-electron chi connectivity index (χ2n) is 15.4. The number of carboxylic acids is 1. The fourth-order valence-corrected chi connectivity index (χ4v) is 7.13. The number of piperazine rings is 1. The number of pyridine rings is 2. The highest BCUT2D eigenvalue weighted by atomic mass is 19.4. The molecule has 61 heavy (non-hydrogen) atoms. The number of alkyl halides is 3. The lowest BCUT2D eigenvalue weighted by molar-refractivity contribution is -0.139. The Hall–Kier alpha value is -7.11. The van der Waals surface area contributed by atoms with Gasteiger partial charge in [-0.1, -0.05) is 18.2 Å². The van der Waals surface area contributed by atoms with Gasteiger partial charge in [-0.05, 0) is 80.4 Å². The summed E-state index contributed by atoms with van der Waals surface area (Å²) in [5.41, 5.74) is 1.01. The summed E-state index contributed by atoms with van der Waals surface area (Å²) in [5.74, 6) is -0.661. The molecule has 3 aromatic carbocycles. The molecule has 1 aliphatic heterocycles. The van der Waals surface area contributed by atoms with E-state index in [-0.39, 0.29) is 49.7 Å². The van der Waals surface area contributed by atoms with Crippen LogP contribution in [0.2, 0.25) is 0 Å². The van der Waals surface area contributed by atoms with Gasteiger partial charge < -0.3 is 34.4 Å². The molecule has 3 aromatic heterocycles. The summed E-state index contributed by atoms with van der Waals surface area (Å²) in [7, 11) is 3.05. The lowest BCUT2D eigenvalue weighted by atomic mass is 10.0. The van der Waals surface area contributed by atoms with Crippen LogP contribution < -0.4 is 25.4 Å². The zero-order valence-electron chi connectivity index (χ0n) is 33.8. The first-order valence-electron chi connectivity index (χ1n) is 19.2. The van der Waals surface area contributed by atoms with Crippen LogP contribution in [0.4, 0.5) is 28.4 Å². The van der Waals surface area contributed by atoms with Gasteiger partial charge in [-0.25, -0.2) is 24.2 Å². The Kier molecular flexibility index (Phi) is 11.4. The van der Waals surface area contributed by atoms with Gasteiger partial charge in [0.1, 0.15) is 17.4 Å². The van der Waals surface area contributed by atoms with Gasteiger partial charge in [0, 0.05) is 68.5 Å². The van der Waals surface area contributed by atoms with Crippen molar-refractivity contribution in [2.75, 3.05) is 38.2 Å². The molecule has 0 bridgehead atoms. The summed E-state index contributed by atoms with van der Waals surface area (Å²) < 4.78 is 63.1. The number of hydrogen-bond acceptors (Lipinski definition) is 10. The maximum absolute atomic E-state index is 14.9. The van der Waals surface area contributed by atoms with Crippen LogP contribution in [0.5, 0.6) is 11.6 Å². The highest BCUT2D eigenvalue weighted by Gasteiger charge is 2.37. The second-order valence-corrected chi connectivity index (χ2v) is 15.4. The molecule has 318 valence electrons. The SMILES string of the molecule is COc1ccc(-c2ccc3ncc4c(c3c2)n(-c2ccc(N3CCN(C(=O)Oc5ccc(C[C@@H](NC(=O)OC(C)(C)C)C(=O)O)cc5)CC3)c(C(F)(F)F)c2)c(=O)n4C)cn1. The van der Waals surface area contributed by atoms with Crippen LogP contribution in [0, 0.1) is 0 Å². The summed E-state index contributed by atoms with van der Waals surface area (Å²) in [5, 5.41) is 12.5. The Balaban J connectivity index is 1.07. The number of anilines is 1. The molecule has 2 N–H and O–H groups in total. The number of amides is 2. The van der Waals surface area contributed by atoms with E-state index < -0.39 is 47.2 Å². The maximum atomic E-state index is 14.9. The zero-order chi connectivity index (χ0) is 43.8. The molecule has 1 fully saturated rings. The van der Waals surface area contributed by atoms with Crippen LogP contribution in [0.15, 0.2) is 90.0 Å². The monoisotopic (exact) mass is 841 g/mol. The minimum Gasteiger partial charge on any atom is -0.481 e. The van der Waals surface area contributed by atoms with Crippen LogP contribution >= 0.6 is 0 Å². The van der Waals surface area contributed by atoms with Gasteiger partial charge in [-0.15, -0.1) is 0 Å². The molecule has 1 aliphatic rings. The normalized spacial score (nSPS) is 13.9. The van der Waals surface area contributed by atoms with E-state index in [1.165, 1.54) is 63.6 Å². The van der Waals surface area contributed by atoms with Gasteiger partial charge in [0.25, 0.3) is 0 Å².